The monoisotopic (exact) mass is 464 g/mol. The lowest BCUT2D eigenvalue weighted by Crippen LogP contribution is -2.44. The Morgan fingerprint density at radius 1 is 1.09 bits per heavy atom. The first-order valence-corrected chi connectivity index (χ1v) is 12.4. The highest BCUT2D eigenvalue weighted by molar-refractivity contribution is 7.18. The van der Waals surface area contributed by atoms with Crippen molar-refractivity contribution in [1.82, 2.24) is 24.8 Å². The SMILES string of the molecule is C[C@@H]1COCCN1c1nc(-c2ccnc3[nH]ccc23)nc2c(CN3CCOC[C@@H]3C)csc12. The minimum absolute atomic E-state index is 0.263. The number of hydrogen-bond acceptors (Lipinski definition) is 8. The normalized spacial score (nSPS) is 22.4. The lowest BCUT2D eigenvalue weighted by molar-refractivity contribution is -0.00416. The van der Waals surface area contributed by atoms with Gasteiger partial charge in [0.25, 0.3) is 0 Å². The van der Waals surface area contributed by atoms with E-state index in [2.05, 4.69) is 39.0 Å². The molecule has 2 aliphatic heterocycles. The summed E-state index contributed by atoms with van der Waals surface area (Å²) in [6.45, 7) is 10.1. The minimum atomic E-state index is 0.263. The molecule has 6 rings (SSSR count). The van der Waals surface area contributed by atoms with E-state index >= 15 is 0 Å². The van der Waals surface area contributed by atoms with E-state index in [1.165, 1.54) is 5.56 Å². The molecule has 2 saturated heterocycles. The maximum absolute atomic E-state index is 5.71. The van der Waals surface area contributed by atoms with Crippen molar-refractivity contribution in [2.24, 2.45) is 0 Å². The minimum Gasteiger partial charge on any atom is -0.379 e. The van der Waals surface area contributed by atoms with Gasteiger partial charge in [-0.2, -0.15) is 0 Å². The molecular weight excluding hydrogens is 436 g/mol. The number of morpholine rings is 2. The van der Waals surface area contributed by atoms with Crippen LogP contribution in [0.4, 0.5) is 5.82 Å². The van der Waals surface area contributed by atoms with Gasteiger partial charge >= 0.3 is 0 Å². The lowest BCUT2D eigenvalue weighted by Gasteiger charge is -2.34. The van der Waals surface area contributed by atoms with Gasteiger partial charge in [0.05, 0.1) is 42.7 Å². The number of nitrogens with zero attached hydrogens (tertiary/aromatic N) is 5. The Bertz CT molecular complexity index is 1290. The second-order valence-electron chi connectivity index (χ2n) is 8.92. The molecule has 0 unspecified atom stereocenters. The summed E-state index contributed by atoms with van der Waals surface area (Å²) < 4.78 is 12.5. The predicted octanol–water partition coefficient (Wildman–Crippen LogP) is 3.68. The number of nitrogens with one attached hydrogen (secondary N) is 1. The number of thiophene rings is 1. The van der Waals surface area contributed by atoms with E-state index in [0.29, 0.717) is 19.3 Å². The highest BCUT2D eigenvalue weighted by atomic mass is 32.1. The van der Waals surface area contributed by atoms with Crippen LogP contribution in [0.25, 0.3) is 32.6 Å². The van der Waals surface area contributed by atoms with Crippen molar-refractivity contribution >= 4 is 38.4 Å². The third-order valence-corrected chi connectivity index (χ3v) is 7.70. The summed E-state index contributed by atoms with van der Waals surface area (Å²) in [5.41, 5.74) is 4.17. The molecule has 4 aromatic rings. The van der Waals surface area contributed by atoms with Gasteiger partial charge in [0.1, 0.15) is 5.65 Å². The Labute approximate surface area is 196 Å². The van der Waals surface area contributed by atoms with Crippen LogP contribution in [0.5, 0.6) is 0 Å². The zero-order valence-electron chi connectivity index (χ0n) is 19.0. The molecule has 2 fully saturated rings. The van der Waals surface area contributed by atoms with Crippen LogP contribution < -0.4 is 4.90 Å². The van der Waals surface area contributed by atoms with Gasteiger partial charge in [0.15, 0.2) is 11.6 Å². The first-order valence-electron chi connectivity index (χ1n) is 11.6. The van der Waals surface area contributed by atoms with Gasteiger partial charge in [0, 0.05) is 54.6 Å². The molecule has 33 heavy (non-hydrogen) atoms. The Morgan fingerprint density at radius 2 is 1.94 bits per heavy atom. The van der Waals surface area contributed by atoms with E-state index in [9.17, 15) is 0 Å². The van der Waals surface area contributed by atoms with Gasteiger partial charge in [-0.15, -0.1) is 11.3 Å². The van der Waals surface area contributed by atoms with Crippen molar-refractivity contribution in [3.63, 3.8) is 0 Å². The number of aromatic nitrogens is 4. The largest absolute Gasteiger partial charge is 0.379 e. The van der Waals surface area contributed by atoms with Crippen molar-refractivity contribution < 1.29 is 9.47 Å². The van der Waals surface area contributed by atoms with Crippen molar-refractivity contribution in [3.8, 4) is 11.4 Å². The summed E-state index contributed by atoms with van der Waals surface area (Å²) in [4.78, 5) is 22.8. The van der Waals surface area contributed by atoms with Crippen LogP contribution in [0.3, 0.4) is 0 Å². The molecule has 172 valence electrons. The predicted molar refractivity (Wildman–Crippen MR) is 131 cm³/mol. The van der Waals surface area contributed by atoms with Crippen molar-refractivity contribution in [1.29, 1.82) is 0 Å². The van der Waals surface area contributed by atoms with Crippen LogP contribution in [-0.2, 0) is 16.0 Å². The molecule has 0 saturated carbocycles. The standard InChI is InChI=1S/C24H28N6O2S/c1-15-12-31-9-7-29(15)11-17-14-33-21-20(17)27-23(19-4-6-26-22-18(19)3-5-25-22)28-24(21)30-8-10-32-13-16(30)2/h3-6,14-16H,7-13H2,1-2H3,(H,25,26)/t15-,16+/m0/s1. The molecule has 0 bridgehead atoms. The van der Waals surface area contributed by atoms with Crippen LogP contribution in [0, 0.1) is 0 Å². The summed E-state index contributed by atoms with van der Waals surface area (Å²) in [5, 5.41) is 3.30. The van der Waals surface area contributed by atoms with Gasteiger partial charge in [-0.3, -0.25) is 4.90 Å². The molecule has 0 aliphatic carbocycles. The molecule has 1 N–H and O–H groups in total. The Balaban J connectivity index is 1.51. The molecule has 0 amide bonds. The molecule has 9 heteroatoms. The highest BCUT2D eigenvalue weighted by Gasteiger charge is 2.27. The van der Waals surface area contributed by atoms with E-state index in [1.807, 2.05) is 24.5 Å². The number of aromatic amines is 1. The number of rotatable bonds is 4. The maximum atomic E-state index is 5.71. The molecular formula is C24H28N6O2S. The lowest BCUT2D eigenvalue weighted by atomic mass is 10.1. The molecule has 8 nitrogen and oxygen atoms in total. The fourth-order valence-corrected chi connectivity index (χ4v) is 5.79. The van der Waals surface area contributed by atoms with Gasteiger partial charge in [-0.05, 0) is 31.4 Å². The first-order chi connectivity index (χ1) is 16.2. The van der Waals surface area contributed by atoms with E-state index < -0.39 is 0 Å². The first kappa shape index (κ1) is 21.0. The van der Waals surface area contributed by atoms with Crippen LogP contribution in [0.15, 0.2) is 29.9 Å². The van der Waals surface area contributed by atoms with Crippen molar-refractivity contribution in [3.05, 3.63) is 35.5 Å². The average molecular weight is 465 g/mol. The number of pyridine rings is 1. The Morgan fingerprint density at radius 3 is 2.79 bits per heavy atom. The maximum Gasteiger partial charge on any atom is 0.163 e. The van der Waals surface area contributed by atoms with Crippen LogP contribution in [0.1, 0.15) is 19.4 Å². The van der Waals surface area contributed by atoms with E-state index in [4.69, 9.17) is 19.4 Å². The summed E-state index contributed by atoms with van der Waals surface area (Å²) in [6, 6.07) is 4.72. The van der Waals surface area contributed by atoms with E-state index in [1.54, 1.807) is 11.3 Å². The topological polar surface area (TPSA) is 79.4 Å². The van der Waals surface area contributed by atoms with Gasteiger partial charge in [0.2, 0.25) is 0 Å². The van der Waals surface area contributed by atoms with Gasteiger partial charge in [-0.25, -0.2) is 15.0 Å². The van der Waals surface area contributed by atoms with Crippen molar-refractivity contribution in [2.75, 3.05) is 44.4 Å². The van der Waals surface area contributed by atoms with Crippen molar-refractivity contribution in [2.45, 2.75) is 32.5 Å². The third-order valence-electron chi connectivity index (χ3n) is 6.69. The zero-order chi connectivity index (χ0) is 22.4. The molecule has 6 heterocycles. The van der Waals surface area contributed by atoms with Crippen LogP contribution in [-0.4, -0.2) is 76.4 Å². The van der Waals surface area contributed by atoms with E-state index in [-0.39, 0.29) is 6.04 Å². The summed E-state index contributed by atoms with van der Waals surface area (Å²) in [7, 11) is 0. The molecule has 0 spiro atoms. The van der Waals surface area contributed by atoms with Gasteiger partial charge < -0.3 is 19.4 Å². The van der Waals surface area contributed by atoms with Crippen LogP contribution in [0.2, 0.25) is 0 Å². The average Bonchev–Trinajstić information content (AvgIpc) is 3.47. The second kappa shape index (κ2) is 8.64. The third kappa shape index (κ3) is 3.78. The highest BCUT2D eigenvalue weighted by Crippen LogP contribution is 2.37. The molecule has 4 aromatic heterocycles. The number of fused-ring (bicyclic) bond motifs is 2. The quantitative estimate of drug-likeness (QED) is 0.494. The smallest absolute Gasteiger partial charge is 0.163 e. The zero-order valence-corrected chi connectivity index (χ0v) is 19.8. The van der Waals surface area contributed by atoms with Crippen LogP contribution >= 0.6 is 11.3 Å². The molecule has 0 radical (unpaired) electrons. The summed E-state index contributed by atoms with van der Waals surface area (Å²) in [6.07, 6.45) is 3.74. The Hall–Kier alpha value is -2.59. The Kier molecular flexibility index (Phi) is 5.49. The van der Waals surface area contributed by atoms with Gasteiger partial charge in [-0.1, -0.05) is 0 Å². The number of ether oxygens (including phenoxy) is 2. The summed E-state index contributed by atoms with van der Waals surface area (Å²) in [5.74, 6) is 1.76. The number of hydrogen-bond donors (Lipinski definition) is 1. The summed E-state index contributed by atoms with van der Waals surface area (Å²) >= 11 is 1.75. The fourth-order valence-electron chi connectivity index (χ4n) is 4.79. The fraction of sp³-hybridized carbons (Fsp3) is 0.458. The molecule has 2 aliphatic rings. The number of H-pyrrole nitrogens is 1. The molecule has 2 atom stereocenters. The second-order valence-corrected chi connectivity index (χ2v) is 9.80. The number of anilines is 1. The van der Waals surface area contributed by atoms with E-state index in [0.717, 1.165) is 71.3 Å². The molecule has 0 aromatic carbocycles.